The van der Waals surface area contributed by atoms with Crippen LogP contribution in [0.3, 0.4) is 0 Å². The maximum atomic E-state index is 5.90. The van der Waals surface area contributed by atoms with Gasteiger partial charge in [-0.25, -0.2) is 0 Å². The van der Waals surface area contributed by atoms with E-state index >= 15 is 0 Å². The van der Waals surface area contributed by atoms with Gasteiger partial charge >= 0.3 is 0 Å². The van der Waals surface area contributed by atoms with Gasteiger partial charge in [0.2, 0.25) is 0 Å². The Hall–Kier alpha value is -1.04. The summed E-state index contributed by atoms with van der Waals surface area (Å²) in [5.74, 6) is 1.51. The Morgan fingerprint density at radius 2 is 2.10 bits per heavy atom. The number of hydrogen-bond donors (Lipinski definition) is 1. The molecule has 2 N–H and O–H groups in total. The van der Waals surface area contributed by atoms with Crippen LogP contribution >= 0.6 is 27.3 Å². The molecule has 0 saturated carbocycles. The highest BCUT2D eigenvalue weighted by Gasteiger charge is 2.12. The van der Waals surface area contributed by atoms with Crippen LogP contribution in [-0.2, 0) is 13.0 Å². The predicted octanol–water partition coefficient (Wildman–Crippen LogP) is 3.99. The van der Waals surface area contributed by atoms with Gasteiger partial charge in [-0.2, -0.15) is 11.3 Å². The third kappa shape index (κ3) is 3.98. The molecule has 2 rings (SSSR count). The first-order valence-corrected chi connectivity index (χ1v) is 8.27. The Bertz CT molecular complexity index is 543. The summed E-state index contributed by atoms with van der Waals surface area (Å²) < 4.78 is 12.5. The highest BCUT2D eigenvalue weighted by Crippen LogP contribution is 2.37. The largest absolute Gasteiger partial charge is 0.490 e. The van der Waals surface area contributed by atoms with Gasteiger partial charge < -0.3 is 15.2 Å². The Morgan fingerprint density at radius 3 is 2.75 bits per heavy atom. The zero-order chi connectivity index (χ0) is 14.4. The molecule has 108 valence electrons. The van der Waals surface area contributed by atoms with E-state index in [0.29, 0.717) is 19.8 Å². The molecule has 0 amide bonds. The first-order valence-electron chi connectivity index (χ1n) is 6.53. The molecule has 0 bridgehead atoms. The van der Waals surface area contributed by atoms with Gasteiger partial charge in [0.05, 0.1) is 11.1 Å². The summed E-state index contributed by atoms with van der Waals surface area (Å²) >= 11 is 5.22. The molecular weight excluding hydrogens is 338 g/mol. The highest BCUT2D eigenvalue weighted by atomic mass is 79.9. The first kappa shape index (κ1) is 15.4. The fourth-order valence-electron chi connectivity index (χ4n) is 1.87. The van der Waals surface area contributed by atoms with Crippen LogP contribution in [-0.4, -0.2) is 13.2 Å². The van der Waals surface area contributed by atoms with E-state index in [1.807, 2.05) is 24.4 Å². The van der Waals surface area contributed by atoms with Crippen molar-refractivity contribution in [2.24, 2.45) is 5.73 Å². The summed E-state index contributed by atoms with van der Waals surface area (Å²) in [6, 6.07) is 6.10. The molecule has 0 spiro atoms. The summed E-state index contributed by atoms with van der Waals surface area (Å²) in [6.45, 7) is 3.73. The van der Waals surface area contributed by atoms with E-state index in [0.717, 1.165) is 33.5 Å². The Labute approximate surface area is 131 Å². The van der Waals surface area contributed by atoms with Crippen LogP contribution in [0.4, 0.5) is 0 Å². The smallest absolute Gasteiger partial charge is 0.175 e. The van der Waals surface area contributed by atoms with Crippen molar-refractivity contribution in [1.82, 2.24) is 0 Å². The summed E-state index contributed by atoms with van der Waals surface area (Å²) in [7, 11) is 0. The van der Waals surface area contributed by atoms with Gasteiger partial charge in [-0.05, 0) is 75.9 Å². The van der Waals surface area contributed by atoms with E-state index in [1.54, 1.807) is 11.3 Å². The van der Waals surface area contributed by atoms with Crippen molar-refractivity contribution in [3.05, 3.63) is 44.6 Å². The van der Waals surface area contributed by atoms with E-state index in [4.69, 9.17) is 15.2 Å². The second kappa shape index (κ2) is 7.67. The highest BCUT2D eigenvalue weighted by molar-refractivity contribution is 9.10. The van der Waals surface area contributed by atoms with Gasteiger partial charge in [0.1, 0.15) is 6.61 Å². The molecule has 3 nitrogen and oxygen atoms in total. The minimum Gasteiger partial charge on any atom is -0.490 e. The van der Waals surface area contributed by atoms with Crippen molar-refractivity contribution in [2.75, 3.05) is 13.2 Å². The fraction of sp³-hybridized carbons (Fsp3) is 0.333. The average Bonchev–Trinajstić information content (AvgIpc) is 2.92. The Balaban J connectivity index is 2.20. The lowest BCUT2D eigenvalue weighted by molar-refractivity contribution is 0.267. The fourth-order valence-corrected chi connectivity index (χ4v) is 3.12. The van der Waals surface area contributed by atoms with Crippen molar-refractivity contribution < 1.29 is 9.47 Å². The zero-order valence-corrected chi connectivity index (χ0v) is 13.8. The SMILES string of the molecule is CCOc1cc(CCN)cc(Br)c1OCc1ccsc1. The third-order valence-corrected chi connectivity index (χ3v) is 4.09. The molecule has 0 radical (unpaired) electrons. The summed E-state index contributed by atoms with van der Waals surface area (Å²) in [4.78, 5) is 0. The number of hydrogen-bond acceptors (Lipinski definition) is 4. The topological polar surface area (TPSA) is 44.5 Å². The molecule has 0 aliphatic heterocycles. The van der Waals surface area contributed by atoms with E-state index in [2.05, 4.69) is 27.4 Å². The van der Waals surface area contributed by atoms with Crippen LogP contribution in [0.5, 0.6) is 11.5 Å². The maximum Gasteiger partial charge on any atom is 0.175 e. The standard InChI is InChI=1S/C15H18BrNO2S/c1-2-18-14-8-11(3-5-17)7-13(16)15(14)19-9-12-4-6-20-10-12/h4,6-8,10H,2-3,5,9,17H2,1H3. The molecule has 0 unspecified atom stereocenters. The second-order valence-corrected chi connectivity index (χ2v) is 5.93. The minimum absolute atomic E-state index is 0.540. The summed E-state index contributed by atoms with van der Waals surface area (Å²) in [5.41, 5.74) is 7.92. The number of ether oxygens (including phenoxy) is 2. The molecule has 1 aromatic carbocycles. The number of nitrogens with two attached hydrogens (primary N) is 1. The molecule has 0 aliphatic carbocycles. The second-order valence-electron chi connectivity index (χ2n) is 4.30. The summed E-state index contributed by atoms with van der Waals surface area (Å²) in [6.07, 6.45) is 0.823. The van der Waals surface area contributed by atoms with Gasteiger partial charge in [0.25, 0.3) is 0 Å². The molecule has 5 heteroatoms. The number of thiophene rings is 1. The summed E-state index contributed by atoms with van der Waals surface area (Å²) in [5, 5.41) is 4.12. The van der Waals surface area contributed by atoms with Crippen LogP contribution in [0, 0.1) is 0 Å². The normalized spacial score (nSPS) is 10.6. The van der Waals surface area contributed by atoms with Gasteiger partial charge in [-0.1, -0.05) is 0 Å². The van der Waals surface area contributed by atoms with E-state index in [1.165, 1.54) is 0 Å². The van der Waals surface area contributed by atoms with E-state index in [-0.39, 0.29) is 0 Å². The van der Waals surface area contributed by atoms with Crippen LogP contribution < -0.4 is 15.2 Å². The van der Waals surface area contributed by atoms with Crippen LogP contribution in [0.25, 0.3) is 0 Å². The lowest BCUT2D eigenvalue weighted by atomic mass is 10.1. The van der Waals surface area contributed by atoms with Crippen molar-refractivity contribution in [2.45, 2.75) is 20.0 Å². The lowest BCUT2D eigenvalue weighted by Gasteiger charge is -2.15. The molecule has 0 aliphatic rings. The van der Waals surface area contributed by atoms with Crippen LogP contribution in [0.1, 0.15) is 18.1 Å². The quantitative estimate of drug-likeness (QED) is 0.816. The molecular formula is C15H18BrNO2S. The van der Waals surface area contributed by atoms with Gasteiger partial charge in [-0.3, -0.25) is 0 Å². The number of halogens is 1. The molecule has 1 aromatic heterocycles. The first-order chi connectivity index (χ1) is 9.74. The molecule has 1 heterocycles. The number of rotatable bonds is 7. The van der Waals surface area contributed by atoms with Crippen molar-refractivity contribution >= 4 is 27.3 Å². The van der Waals surface area contributed by atoms with E-state index < -0.39 is 0 Å². The van der Waals surface area contributed by atoms with Crippen molar-refractivity contribution in [1.29, 1.82) is 0 Å². The molecule has 0 atom stereocenters. The third-order valence-electron chi connectivity index (χ3n) is 2.77. The van der Waals surface area contributed by atoms with Crippen LogP contribution in [0.2, 0.25) is 0 Å². The maximum absolute atomic E-state index is 5.90. The zero-order valence-electron chi connectivity index (χ0n) is 11.4. The molecule has 0 saturated heterocycles. The monoisotopic (exact) mass is 355 g/mol. The van der Waals surface area contributed by atoms with Crippen molar-refractivity contribution in [3.63, 3.8) is 0 Å². The average molecular weight is 356 g/mol. The van der Waals surface area contributed by atoms with Crippen LogP contribution in [0.15, 0.2) is 33.4 Å². The van der Waals surface area contributed by atoms with Gasteiger partial charge in [-0.15, -0.1) is 0 Å². The Morgan fingerprint density at radius 1 is 1.25 bits per heavy atom. The molecule has 2 aromatic rings. The van der Waals surface area contributed by atoms with Gasteiger partial charge in [0.15, 0.2) is 11.5 Å². The minimum atomic E-state index is 0.540. The lowest BCUT2D eigenvalue weighted by Crippen LogP contribution is -2.05. The Kier molecular flexibility index (Phi) is 5.88. The number of benzene rings is 1. The van der Waals surface area contributed by atoms with Gasteiger partial charge in [0, 0.05) is 0 Å². The van der Waals surface area contributed by atoms with E-state index in [9.17, 15) is 0 Å². The molecule has 0 fully saturated rings. The predicted molar refractivity (Wildman–Crippen MR) is 86.7 cm³/mol. The molecule has 20 heavy (non-hydrogen) atoms. The van der Waals surface area contributed by atoms with Crippen molar-refractivity contribution in [3.8, 4) is 11.5 Å².